The van der Waals surface area contributed by atoms with Crippen molar-refractivity contribution in [2.24, 2.45) is 0 Å². The number of anilines is 1. The van der Waals surface area contributed by atoms with E-state index in [1.54, 1.807) is 30.3 Å². The molecule has 152 valence electrons. The third kappa shape index (κ3) is 4.12. The van der Waals surface area contributed by atoms with Crippen molar-refractivity contribution in [3.63, 3.8) is 0 Å². The summed E-state index contributed by atoms with van der Waals surface area (Å²) in [6.45, 7) is 5.59. The lowest BCUT2D eigenvalue weighted by Crippen LogP contribution is -2.44. The zero-order valence-corrected chi connectivity index (χ0v) is 17.4. The van der Waals surface area contributed by atoms with Crippen LogP contribution in [0.5, 0.6) is 0 Å². The number of amides is 4. The van der Waals surface area contributed by atoms with Gasteiger partial charge in [-0.05, 0) is 47.7 Å². The number of urea groups is 1. The van der Waals surface area contributed by atoms with Gasteiger partial charge in [0.15, 0.2) is 0 Å². The minimum absolute atomic E-state index is 0.322. The number of hydrogen-bond acceptors (Lipinski definition) is 3. The predicted octanol–water partition coefficient (Wildman–Crippen LogP) is 4.26. The second-order valence-corrected chi connectivity index (χ2v) is 7.85. The number of carbonyl (C=O) groups is 3. The van der Waals surface area contributed by atoms with Gasteiger partial charge in [-0.25, -0.2) is 4.79 Å². The first-order chi connectivity index (χ1) is 13.8. The van der Waals surface area contributed by atoms with Crippen LogP contribution < -0.4 is 10.6 Å². The molecule has 0 radical (unpaired) electrons. The van der Waals surface area contributed by atoms with Gasteiger partial charge in [-0.2, -0.15) is 0 Å². The van der Waals surface area contributed by atoms with E-state index in [0.29, 0.717) is 28.6 Å². The molecule has 2 aromatic carbocycles. The van der Waals surface area contributed by atoms with Gasteiger partial charge in [0, 0.05) is 10.7 Å². The van der Waals surface area contributed by atoms with Crippen molar-refractivity contribution in [2.45, 2.75) is 38.6 Å². The van der Waals surface area contributed by atoms with Crippen molar-refractivity contribution in [3.05, 3.63) is 64.7 Å². The fourth-order valence-corrected chi connectivity index (χ4v) is 3.59. The molecule has 2 aromatic rings. The first kappa shape index (κ1) is 20.9. The molecule has 1 atom stereocenters. The first-order valence-electron chi connectivity index (χ1n) is 9.57. The molecule has 0 saturated carbocycles. The zero-order valence-electron chi connectivity index (χ0n) is 16.7. The molecule has 1 aliphatic heterocycles. The fraction of sp³-hybridized carbons (Fsp3) is 0.318. The summed E-state index contributed by atoms with van der Waals surface area (Å²) < 4.78 is 0. The van der Waals surface area contributed by atoms with Crippen molar-refractivity contribution in [1.29, 1.82) is 0 Å². The second-order valence-electron chi connectivity index (χ2n) is 7.42. The Bertz CT molecular complexity index is 943. The van der Waals surface area contributed by atoms with Crippen LogP contribution in [-0.2, 0) is 15.1 Å². The van der Waals surface area contributed by atoms with Crippen molar-refractivity contribution in [2.75, 3.05) is 11.9 Å². The lowest BCUT2D eigenvalue weighted by molar-refractivity contribution is -0.134. The van der Waals surface area contributed by atoms with Crippen LogP contribution in [-0.4, -0.2) is 29.3 Å². The van der Waals surface area contributed by atoms with Gasteiger partial charge in [0.05, 0.1) is 0 Å². The maximum Gasteiger partial charge on any atom is 0.325 e. The minimum Gasteiger partial charge on any atom is -0.325 e. The molecule has 0 aliphatic carbocycles. The summed E-state index contributed by atoms with van der Waals surface area (Å²) in [5.41, 5.74) is 1.16. The van der Waals surface area contributed by atoms with Crippen LogP contribution >= 0.6 is 11.6 Å². The Morgan fingerprint density at radius 2 is 1.86 bits per heavy atom. The van der Waals surface area contributed by atoms with Crippen molar-refractivity contribution >= 4 is 35.1 Å². The second kappa shape index (κ2) is 8.25. The smallest absolute Gasteiger partial charge is 0.325 e. The highest BCUT2D eigenvalue weighted by Gasteiger charge is 2.51. The molecule has 2 N–H and O–H groups in total. The molecule has 0 bridgehead atoms. The first-order valence-corrected chi connectivity index (χ1v) is 9.94. The average Bonchev–Trinajstić information content (AvgIpc) is 2.93. The Morgan fingerprint density at radius 3 is 2.48 bits per heavy atom. The zero-order chi connectivity index (χ0) is 21.2. The molecule has 29 heavy (non-hydrogen) atoms. The van der Waals surface area contributed by atoms with Gasteiger partial charge in [-0.1, -0.05) is 56.6 Å². The maximum atomic E-state index is 13.1. The SMILES string of the molecule is CCC1(c2ccc(Cl)cc2)NC(=O)N(CC(=O)Nc2cccc(C(C)C)c2)C1=O. The number of carbonyl (C=O) groups excluding carboxylic acids is 3. The molecule has 7 heteroatoms. The summed E-state index contributed by atoms with van der Waals surface area (Å²) in [6.07, 6.45) is 0.355. The van der Waals surface area contributed by atoms with Crippen molar-refractivity contribution < 1.29 is 14.4 Å². The molecule has 3 rings (SSSR count). The van der Waals surface area contributed by atoms with Gasteiger partial charge in [0.2, 0.25) is 5.91 Å². The van der Waals surface area contributed by atoms with E-state index in [1.165, 1.54) is 0 Å². The normalized spacial score (nSPS) is 18.9. The Balaban J connectivity index is 1.76. The van der Waals surface area contributed by atoms with Gasteiger partial charge < -0.3 is 10.6 Å². The molecule has 1 fully saturated rings. The number of hydrogen-bond donors (Lipinski definition) is 2. The highest BCUT2D eigenvalue weighted by atomic mass is 35.5. The maximum absolute atomic E-state index is 13.1. The molecule has 0 aromatic heterocycles. The highest BCUT2D eigenvalue weighted by Crippen LogP contribution is 2.33. The largest absolute Gasteiger partial charge is 0.325 e. The summed E-state index contributed by atoms with van der Waals surface area (Å²) in [4.78, 5) is 39.1. The summed E-state index contributed by atoms with van der Waals surface area (Å²) in [5, 5.41) is 6.07. The van der Waals surface area contributed by atoms with E-state index in [0.717, 1.165) is 10.5 Å². The highest BCUT2D eigenvalue weighted by molar-refractivity contribution is 6.30. The summed E-state index contributed by atoms with van der Waals surface area (Å²) in [5.74, 6) is -0.557. The van der Waals surface area contributed by atoms with E-state index in [2.05, 4.69) is 24.5 Å². The number of nitrogens with one attached hydrogen (secondary N) is 2. The van der Waals surface area contributed by atoms with Gasteiger partial charge in [-0.15, -0.1) is 0 Å². The molecular weight excluding hydrogens is 390 g/mol. The van der Waals surface area contributed by atoms with Gasteiger partial charge in [0.25, 0.3) is 5.91 Å². The van der Waals surface area contributed by atoms with Crippen LogP contribution in [0.1, 0.15) is 44.2 Å². The van der Waals surface area contributed by atoms with Crippen LogP contribution in [0.15, 0.2) is 48.5 Å². The Labute approximate surface area is 175 Å². The van der Waals surface area contributed by atoms with E-state index in [1.807, 2.05) is 25.1 Å². The summed E-state index contributed by atoms with van der Waals surface area (Å²) in [7, 11) is 0. The summed E-state index contributed by atoms with van der Waals surface area (Å²) in [6, 6.07) is 13.7. The van der Waals surface area contributed by atoms with E-state index in [4.69, 9.17) is 11.6 Å². The Kier molecular flexibility index (Phi) is 5.94. The fourth-order valence-electron chi connectivity index (χ4n) is 3.46. The molecule has 1 unspecified atom stereocenters. The van der Waals surface area contributed by atoms with Crippen LogP contribution in [0.25, 0.3) is 0 Å². The van der Waals surface area contributed by atoms with Crippen LogP contribution in [0.3, 0.4) is 0 Å². The molecule has 1 saturated heterocycles. The lowest BCUT2D eigenvalue weighted by Gasteiger charge is -2.25. The number of benzene rings is 2. The van der Waals surface area contributed by atoms with Gasteiger partial charge in [-0.3, -0.25) is 14.5 Å². The predicted molar refractivity (Wildman–Crippen MR) is 113 cm³/mol. The number of rotatable bonds is 6. The van der Waals surface area contributed by atoms with Crippen LogP contribution in [0.2, 0.25) is 5.02 Å². The monoisotopic (exact) mass is 413 g/mol. The van der Waals surface area contributed by atoms with Crippen molar-refractivity contribution in [1.82, 2.24) is 10.2 Å². The summed E-state index contributed by atoms with van der Waals surface area (Å²) >= 11 is 5.94. The minimum atomic E-state index is -1.19. The van der Waals surface area contributed by atoms with Crippen LogP contribution in [0.4, 0.5) is 10.5 Å². The number of nitrogens with zero attached hydrogens (tertiary/aromatic N) is 1. The standard InChI is InChI=1S/C22H24ClN3O3/c1-4-22(16-8-10-17(23)11-9-16)20(28)26(21(29)25-22)13-19(27)24-18-7-5-6-15(12-18)14(2)3/h5-12,14H,4,13H2,1-3H3,(H,24,27)(H,25,29). The molecule has 1 aliphatic rings. The molecule has 1 heterocycles. The molecule has 6 nitrogen and oxygen atoms in total. The number of imide groups is 1. The topological polar surface area (TPSA) is 78.5 Å². The molecule has 0 spiro atoms. The average molecular weight is 414 g/mol. The van der Waals surface area contributed by atoms with Crippen LogP contribution in [0, 0.1) is 0 Å². The van der Waals surface area contributed by atoms with E-state index < -0.39 is 23.4 Å². The van der Waals surface area contributed by atoms with Gasteiger partial charge in [0.1, 0.15) is 12.1 Å². The van der Waals surface area contributed by atoms with E-state index in [-0.39, 0.29) is 6.54 Å². The molecular formula is C22H24ClN3O3. The van der Waals surface area contributed by atoms with E-state index >= 15 is 0 Å². The third-order valence-electron chi connectivity index (χ3n) is 5.18. The quantitative estimate of drug-likeness (QED) is 0.694. The van der Waals surface area contributed by atoms with Crippen molar-refractivity contribution in [3.8, 4) is 0 Å². The molecule has 4 amide bonds. The van der Waals surface area contributed by atoms with E-state index in [9.17, 15) is 14.4 Å². The van der Waals surface area contributed by atoms with Gasteiger partial charge >= 0.3 is 6.03 Å². The number of halogens is 1. The Hall–Kier alpha value is -2.86. The lowest BCUT2D eigenvalue weighted by atomic mass is 9.87. The third-order valence-corrected chi connectivity index (χ3v) is 5.43. The Morgan fingerprint density at radius 1 is 1.17 bits per heavy atom.